The van der Waals surface area contributed by atoms with Gasteiger partial charge >= 0.3 is 0 Å². The first kappa shape index (κ1) is 15.5. The smallest absolute Gasteiger partial charge is 0.209 e. The second-order valence-corrected chi connectivity index (χ2v) is 8.01. The van der Waals surface area contributed by atoms with Gasteiger partial charge in [-0.2, -0.15) is 0 Å². The van der Waals surface area contributed by atoms with E-state index in [0.717, 1.165) is 17.3 Å². The third-order valence-corrected chi connectivity index (χ3v) is 4.23. The van der Waals surface area contributed by atoms with Crippen molar-refractivity contribution < 1.29 is 8.42 Å². The highest BCUT2D eigenvalue weighted by molar-refractivity contribution is 7.88. The summed E-state index contributed by atoms with van der Waals surface area (Å²) in [4.78, 5) is 3.07. The van der Waals surface area contributed by atoms with Crippen molar-refractivity contribution in [3.8, 4) is 0 Å². The Morgan fingerprint density at radius 2 is 2.10 bits per heavy atom. The number of imidazole rings is 1. The number of fused-ring (bicyclic) bond motifs is 1. The van der Waals surface area contributed by atoms with E-state index in [-0.39, 0.29) is 0 Å². The van der Waals surface area contributed by atoms with E-state index in [9.17, 15) is 8.42 Å². The van der Waals surface area contributed by atoms with Crippen LogP contribution in [0.25, 0.3) is 11.0 Å². The molecule has 0 fully saturated rings. The molecule has 0 unspecified atom stereocenters. The van der Waals surface area contributed by atoms with Gasteiger partial charge in [-0.05, 0) is 44.3 Å². The topological polar surface area (TPSA) is 66.9 Å². The number of H-pyrrole nitrogens is 1. The molecular formula is C12H16ClN3O2S2. The van der Waals surface area contributed by atoms with Crippen LogP contribution in [0.3, 0.4) is 0 Å². The van der Waals surface area contributed by atoms with Crippen LogP contribution in [-0.4, -0.2) is 29.8 Å². The summed E-state index contributed by atoms with van der Waals surface area (Å²) in [7, 11) is -3.29. The summed E-state index contributed by atoms with van der Waals surface area (Å²) >= 11 is 11.2. The van der Waals surface area contributed by atoms with Crippen molar-refractivity contribution in [2.45, 2.75) is 25.9 Å². The van der Waals surface area contributed by atoms with Gasteiger partial charge in [-0.1, -0.05) is 11.6 Å². The van der Waals surface area contributed by atoms with Crippen LogP contribution in [0.4, 0.5) is 0 Å². The highest BCUT2D eigenvalue weighted by Crippen LogP contribution is 2.21. The molecule has 0 aliphatic heterocycles. The Kier molecular flexibility index (Phi) is 3.98. The van der Waals surface area contributed by atoms with Crippen molar-refractivity contribution in [1.82, 2.24) is 14.3 Å². The molecular weight excluding hydrogens is 318 g/mol. The lowest BCUT2D eigenvalue weighted by Crippen LogP contribution is -2.46. The van der Waals surface area contributed by atoms with Crippen LogP contribution in [0.5, 0.6) is 0 Å². The molecule has 1 aromatic heterocycles. The summed E-state index contributed by atoms with van der Waals surface area (Å²) in [6, 6.07) is 5.43. The van der Waals surface area contributed by atoms with Gasteiger partial charge in [-0.25, -0.2) is 13.1 Å². The fraction of sp³-hybridized carbons (Fsp3) is 0.417. The maximum Gasteiger partial charge on any atom is 0.209 e. The SMILES string of the molecule is CC(C)(Cn1c(=S)[nH]c2cc(Cl)ccc21)NS(C)(=O)=O. The molecule has 20 heavy (non-hydrogen) atoms. The number of nitrogens with zero attached hydrogens (tertiary/aromatic N) is 1. The first-order chi connectivity index (χ1) is 9.07. The van der Waals surface area contributed by atoms with E-state index in [4.69, 9.17) is 23.8 Å². The van der Waals surface area contributed by atoms with Gasteiger partial charge in [0.2, 0.25) is 10.0 Å². The number of aromatic amines is 1. The molecule has 0 aliphatic rings. The van der Waals surface area contributed by atoms with Gasteiger partial charge in [-0.15, -0.1) is 0 Å². The zero-order valence-electron chi connectivity index (χ0n) is 11.4. The van der Waals surface area contributed by atoms with Gasteiger partial charge in [-0.3, -0.25) is 0 Å². The summed E-state index contributed by atoms with van der Waals surface area (Å²) in [6.45, 7) is 4.04. The maximum atomic E-state index is 11.4. The molecule has 0 saturated heterocycles. The lowest BCUT2D eigenvalue weighted by molar-refractivity contribution is 0.394. The van der Waals surface area contributed by atoms with E-state index in [1.807, 2.05) is 24.5 Å². The van der Waals surface area contributed by atoms with E-state index in [1.165, 1.54) is 0 Å². The summed E-state index contributed by atoms with van der Waals surface area (Å²) in [5.74, 6) is 0. The average Bonchev–Trinajstić information content (AvgIpc) is 2.50. The Balaban J connectivity index is 2.44. The zero-order chi connectivity index (χ0) is 15.1. The number of nitrogens with one attached hydrogen (secondary N) is 2. The maximum absolute atomic E-state index is 11.4. The van der Waals surface area contributed by atoms with Crippen molar-refractivity contribution >= 4 is 44.9 Å². The molecule has 110 valence electrons. The summed E-state index contributed by atoms with van der Waals surface area (Å²) < 4.78 is 27.8. The molecule has 0 bridgehead atoms. The Labute approximate surface area is 128 Å². The van der Waals surface area contributed by atoms with Gasteiger partial charge in [0, 0.05) is 17.1 Å². The molecule has 2 N–H and O–H groups in total. The van der Waals surface area contributed by atoms with Crippen molar-refractivity contribution in [2.75, 3.05) is 6.26 Å². The average molecular weight is 334 g/mol. The van der Waals surface area contributed by atoms with Gasteiger partial charge in [0.05, 0.1) is 17.3 Å². The van der Waals surface area contributed by atoms with E-state index in [1.54, 1.807) is 12.1 Å². The predicted octanol–water partition coefficient (Wildman–Crippen LogP) is 2.68. The van der Waals surface area contributed by atoms with Crippen molar-refractivity contribution in [3.05, 3.63) is 28.0 Å². The van der Waals surface area contributed by atoms with Gasteiger partial charge in [0.15, 0.2) is 4.77 Å². The molecule has 0 radical (unpaired) electrons. The van der Waals surface area contributed by atoms with Crippen molar-refractivity contribution in [2.24, 2.45) is 0 Å². The van der Waals surface area contributed by atoms with Crippen LogP contribution < -0.4 is 4.72 Å². The van der Waals surface area contributed by atoms with E-state index < -0.39 is 15.6 Å². The molecule has 5 nitrogen and oxygen atoms in total. The third kappa shape index (κ3) is 3.60. The lowest BCUT2D eigenvalue weighted by atomic mass is 10.1. The van der Waals surface area contributed by atoms with Crippen molar-refractivity contribution in [3.63, 3.8) is 0 Å². The molecule has 1 aromatic carbocycles. The predicted molar refractivity (Wildman–Crippen MR) is 84.2 cm³/mol. The van der Waals surface area contributed by atoms with Crippen LogP contribution in [0, 0.1) is 4.77 Å². The first-order valence-corrected chi connectivity index (χ1v) is 8.62. The number of rotatable bonds is 4. The van der Waals surface area contributed by atoms with Crippen molar-refractivity contribution in [1.29, 1.82) is 0 Å². The van der Waals surface area contributed by atoms with Gasteiger partial charge in [0.25, 0.3) is 0 Å². The quantitative estimate of drug-likeness (QED) is 0.845. The minimum Gasteiger partial charge on any atom is -0.331 e. The van der Waals surface area contributed by atoms with Gasteiger partial charge < -0.3 is 9.55 Å². The molecule has 0 saturated carbocycles. The van der Waals surface area contributed by atoms with Crippen LogP contribution in [-0.2, 0) is 16.6 Å². The molecule has 0 amide bonds. The number of aromatic nitrogens is 2. The third-order valence-electron chi connectivity index (χ3n) is 2.75. The monoisotopic (exact) mass is 333 g/mol. The normalized spacial score (nSPS) is 13.0. The second-order valence-electron chi connectivity index (χ2n) is 5.44. The van der Waals surface area contributed by atoms with E-state index in [0.29, 0.717) is 16.3 Å². The van der Waals surface area contributed by atoms with Crippen LogP contribution in [0.1, 0.15) is 13.8 Å². The molecule has 0 atom stereocenters. The van der Waals surface area contributed by atoms with Gasteiger partial charge in [0.1, 0.15) is 0 Å². The minimum absolute atomic E-state index is 0.417. The number of hydrogen-bond acceptors (Lipinski definition) is 3. The zero-order valence-corrected chi connectivity index (χ0v) is 13.8. The van der Waals surface area contributed by atoms with E-state index >= 15 is 0 Å². The lowest BCUT2D eigenvalue weighted by Gasteiger charge is -2.25. The Morgan fingerprint density at radius 1 is 1.45 bits per heavy atom. The molecule has 2 aromatic rings. The van der Waals surface area contributed by atoms with Crippen LogP contribution in [0.15, 0.2) is 18.2 Å². The Morgan fingerprint density at radius 3 is 2.70 bits per heavy atom. The molecule has 1 heterocycles. The summed E-state index contributed by atoms with van der Waals surface area (Å²) in [5.41, 5.74) is 1.07. The largest absolute Gasteiger partial charge is 0.331 e. The highest BCUT2D eigenvalue weighted by Gasteiger charge is 2.24. The fourth-order valence-corrected chi connectivity index (χ4v) is 3.74. The standard InChI is InChI=1S/C12H16ClN3O2S2/c1-12(2,15-20(3,17)18)7-16-10-5-4-8(13)6-9(10)14-11(16)19/h4-6,15H,7H2,1-3H3,(H,14,19). The Hall–Kier alpha value is -0.890. The first-order valence-electron chi connectivity index (χ1n) is 5.94. The highest BCUT2D eigenvalue weighted by atomic mass is 35.5. The van der Waals surface area contributed by atoms with Crippen LogP contribution >= 0.6 is 23.8 Å². The Bertz CT molecular complexity index is 806. The number of halogens is 1. The summed E-state index contributed by atoms with van der Waals surface area (Å²) in [6.07, 6.45) is 1.14. The number of hydrogen-bond donors (Lipinski definition) is 2. The summed E-state index contributed by atoms with van der Waals surface area (Å²) in [5, 5.41) is 0.620. The molecule has 2 rings (SSSR count). The number of benzene rings is 1. The second kappa shape index (κ2) is 5.14. The minimum atomic E-state index is -3.29. The van der Waals surface area contributed by atoms with E-state index in [2.05, 4.69) is 9.71 Å². The molecule has 0 aliphatic carbocycles. The number of sulfonamides is 1. The fourth-order valence-electron chi connectivity index (χ4n) is 2.22. The molecule has 0 spiro atoms. The molecule has 8 heteroatoms. The van der Waals surface area contributed by atoms with Crippen LogP contribution in [0.2, 0.25) is 5.02 Å².